The third-order valence-corrected chi connectivity index (χ3v) is 6.47. The zero-order valence-corrected chi connectivity index (χ0v) is 16.0. The summed E-state index contributed by atoms with van der Waals surface area (Å²) in [6.07, 6.45) is 5.20. The van der Waals surface area contributed by atoms with E-state index in [1.54, 1.807) is 30.8 Å². The standard InChI is InChI=1S/C19H24N4O2S/c1-13-16(26-12-21-13)11-22-9-5-15(6-10-22)23-17(18(25-2)19(23)24)14-3-7-20-8-4-14/h3-4,7-8,12,15,17-18H,5-6,9-11H2,1-2H3/t17-,18+/m0/s1. The lowest BCUT2D eigenvalue weighted by Gasteiger charge is -2.52. The van der Waals surface area contributed by atoms with Crippen molar-refractivity contribution in [3.63, 3.8) is 0 Å². The first-order valence-electron chi connectivity index (χ1n) is 9.05. The molecule has 4 rings (SSSR count). The number of hydrogen-bond donors (Lipinski definition) is 0. The first-order valence-corrected chi connectivity index (χ1v) is 9.93. The number of nitrogens with zero attached hydrogens (tertiary/aromatic N) is 4. The van der Waals surface area contributed by atoms with E-state index in [0.29, 0.717) is 0 Å². The van der Waals surface area contributed by atoms with E-state index in [1.807, 2.05) is 22.5 Å². The van der Waals surface area contributed by atoms with Crippen LogP contribution in [0.1, 0.15) is 35.0 Å². The maximum Gasteiger partial charge on any atom is 0.255 e. The summed E-state index contributed by atoms with van der Waals surface area (Å²) in [5, 5.41) is 0. The molecule has 2 aliphatic heterocycles. The van der Waals surface area contributed by atoms with Gasteiger partial charge in [-0.05, 0) is 37.5 Å². The number of aryl methyl sites for hydroxylation is 1. The summed E-state index contributed by atoms with van der Waals surface area (Å²) in [6.45, 7) is 5.05. The summed E-state index contributed by atoms with van der Waals surface area (Å²) in [5.74, 6) is 0.117. The molecule has 0 unspecified atom stereocenters. The SMILES string of the molecule is CO[C@H]1C(=O)N(C2CCN(Cc3scnc3C)CC2)[C@H]1c1ccncc1. The van der Waals surface area contributed by atoms with Crippen molar-refractivity contribution in [3.05, 3.63) is 46.2 Å². The van der Waals surface area contributed by atoms with Crippen LogP contribution in [0.5, 0.6) is 0 Å². The van der Waals surface area contributed by atoms with Gasteiger partial charge in [-0.3, -0.25) is 14.7 Å². The van der Waals surface area contributed by atoms with Crippen LogP contribution in [0.25, 0.3) is 0 Å². The van der Waals surface area contributed by atoms with Gasteiger partial charge in [0.15, 0.2) is 6.10 Å². The second-order valence-electron chi connectivity index (χ2n) is 7.00. The monoisotopic (exact) mass is 372 g/mol. The van der Waals surface area contributed by atoms with Gasteiger partial charge in [0, 0.05) is 50.1 Å². The Morgan fingerprint density at radius 2 is 2.00 bits per heavy atom. The van der Waals surface area contributed by atoms with Gasteiger partial charge in [0.1, 0.15) is 0 Å². The molecule has 7 heteroatoms. The van der Waals surface area contributed by atoms with Crippen molar-refractivity contribution in [1.82, 2.24) is 19.8 Å². The number of carbonyl (C=O) groups excluding carboxylic acids is 1. The number of amides is 1. The summed E-state index contributed by atoms with van der Waals surface area (Å²) in [6, 6.07) is 4.26. The van der Waals surface area contributed by atoms with Gasteiger partial charge in [-0.1, -0.05) is 0 Å². The quantitative estimate of drug-likeness (QED) is 0.755. The second-order valence-corrected chi connectivity index (χ2v) is 7.93. The second kappa shape index (κ2) is 7.42. The lowest BCUT2D eigenvalue weighted by molar-refractivity contribution is -0.178. The predicted octanol–water partition coefficient (Wildman–Crippen LogP) is 2.41. The van der Waals surface area contributed by atoms with Crippen LogP contribution in [0.4, 0.5) is 0 Å². The van der Waals surface area contributed by atoms with Crippen LogP contribution in [0, 0.1) is 6.92 Å². The van der Waals surface area contributed by atoms with Gasteiger partial charge in [0.25, 0.3) is 5.91 Å². The maximum atomic E-state index is 12.6. The van der Waals surface area contributed by atoms with Crippen LogP contribution >= 0.6 is 11.3 Å². The number of thiazole rings is 1. The highest BCUT2D eigenvalue weighted by molar-refractivity contribution is 7.09. The molecule has 6 nitrogen and oxygen atoms in total. The number of methoxy groups -OCH3 is 1. The molecule has 26 heavy (non-hydrogen) atoms. The minimum absolute atomic E-state index is 0.00999. The van der Waals surface area contributed by atoms with Crippen molar-refractivity contribution >= 4 is 17.2 Å². The number of β-lactam (4-membered cyclic amide) rings is 1. The van der Waals surface area contributed by atoms with Crippen LogP contribution in [-0.4, -0.2) is 58.0 Å². The first-order chi connectivity index (χ1) is 12.7. The molecule has 0 spiro atoms. The van der Waals surface area contributed by atoms with Gasteiger partial charge in [-0.25, -0.2) is 4.98 Å². The van der Waals surface area contributed by atoms with Crippen molar-refractivity contribution in [2.45, 2.75) is 44.5 Å². The van der Waals surface area contributed by atoms with Crippen molar-refractivity contribution in [1.29, 1.82) is 0 Å². The number of aromatic nitrogens is 2. The molecule has 2 aromatic rings. The third kappa shape index (κ3) is 3.15. The number of ether oxygens (including phenoxy) is 1. The maximum absolute atomic E-state index is 12.6. The summed E-state index contributed by atoms with van der Waals surface area (Å²) in [5.41, 5.74) is 4.16. The van der Waals surface area contributed by atoms with Crippen molar-refractivity contribution < 1.29 is 9.53 Å². The number of carbonyl (C=O) groups is 1. The Morgan fingerprint density at radius 1 is 1.27 bits per heavy atom. The molecule has 2 atom stereocenters. The number of piperidine rings is 1. The molecular weight excluding hydrogens is 348 g/mol. The summed E-state index contributed by atoms with van der Waals surface area (Å²) in [7, 11) is 1.62. The molecule has 0 aromatic carbocycles. The molecule has 0 bridgehead atoms. The van der Waals surface area contributed by atoms with Crippen LogP contribution in [-0.2, 0) is 16.1 Å². The van der Waals surface area contributed by atoms with Crippen LogP contribution in [0.3, 0.4) is 0 Å². The van der Waals surface area contributed by atoms with Gasteiger partial charge < -0.3 is 9.64 Å². The Labute approximate surface area is 157 Å². The van der Waals surface area contributed by atoms with Crippen molar-refractivity contribution in [2.75, 3.05) is 20.2 Å². The molecular formula is C19H24N4O2S. The molecule has 0 N–H and O–H groups in total. The number of pyridine rings is 1. The van der Waals surface area contributed by atoms with Gasteiger partial charge in [0.2, 0.25) is 0 Å². The highest BCUT2D eigenvalue weighted by atomic mass is 32.1. The number of rotatable bonds is 5. The zero-order chi connectivity index (χ0) is 18.1. The Hall–Kier alpha value is -1.83. The van der Waals surface area contributed by atoms with E-state index in [1.165, 1.54) is 4.88 Å². The van der Waals surface area contributed by atoms with Gasteiger partial charge >= 0.3 is 0 Å². The zero-order valence-electron chi connectivity index (χ0n) is 15.2. The average Bonchev–Trinajstić information content (AvgIpc) is 3.07. The summed E-state index contributed by atoms with van der Waals surface area (Å²) < 4.78 is 5.46. The average molecular weight is 372 g/mol. The highest BCUT2D eigenvalue weighted by Crippen LogP contribution is 2.40. The minimum atomic E-state index is -0.365. The number of likely N-dealkylation sites (tertiary alicyclic amines) is 2. The van der Waals surface area contributed by atoms with Gasteiger partial charge in [-0.15, -0.1) is 11.3 Å². The fourth-order valence-electron chi connectivity index (χ4n) is 4.05. The Morgan fingerprint density at radius 3 is 2.62 bits per heavy atom. The van der Waals surface area contributed by atoms with Crippen LogP contribution < -0.4 is 0 Å². The van der Waals surface area contributed by atoms with E-state index < -0.39 is 0 Å². The van der Waals surface area contributed by atoms with E-state index >= 15 is 0 Å². The van der Waals surface area contributed by atoms with Crippen molar-refractivity contribution in [2.24, 2.45) is 0 Å². The Balaban J connectivity index is 1.41. The topological polar surface area (TPSA) is 58.6 Å². The molecule has 1 amide bonds. The first kappa shape index (κ1) is 17.6. The molecule has 138 valence electrons. The fourth-order valence-corrected chi connectivity index (χ4v) is 4.87. The summed E-state index contributed by atoms with van der Waals surface area (Å²) in [4.78, 5) is 26.9. The minimum Gasteiger partial charge on any atom is -0.369 e. The molecule has 2 fully saturated rings. The lowest BCUT2D eigenvalue weighted by Crippen LogP contribution is -2.64. The van der Waals surface area contributed by atoms with E-state index in [2.05, 4.69) is 21.8 Å². The molecule has 2 aromatic heterocycles. The van der Waals surface area contributed by atoms with Crippen LogP contribution in [0.2, 0.25) is 0 Å². The Kier molecular flexibility index (Phi) is 5.02. The van der Waals surface area contributed by atoms with E-state index in [0.717, 1.165) is 43.7 Å². The molecule has 0 radical (unpaired) electrons. The molecule has 2 aliphatic rings. The van der Waals surface area contributed by atoms with Gasteiger partial charge in [0.05, 0.1) is 17.2 Å². The highest BCUT2D eigenvalue weighted by Gasteiger charge is 2.51. The van der Waals surface area contributed by atoms with Crippen LogP contribution in [0.15, 0.2) is 30.0 Å². The third-order valence-electron chi connectivity index (χ3n) is 5.55. The van der Waals surface area contributed by atoms with Gasteiger partial charge in [-0.2, -0.15) is 0 Å². The lowest BCUT2D eigenvalue weighted by atomic mass is 9.86. The molecule has 0 aliphatic carbocycles. The predicted molar refractivity (Wildman–Crippen MR) is 99.8 cm³/mol. The van der Waals surface area contributed by atoms with E-state index in [-0.39, 0.29) is 24.1 Å². The summed E-state index contributed by atoms with van der Waals surface area (Å²) >= 11 is 1.73. The largest absolute Gasteiger partial charge is 0.369 e. The van der Waals surface area contributed by atoms with E-state index in [4.69, 9.17) is 4.74 Å². The smallest absolute Gasteiger partial charge is 0.255 e. The van der Waals surface area contributed by atoms with E-state index in [9.17, 15) is 4.79 Å². The molecule has 0 saturated carbocycles. The molecule has 4 heterocycles. The fraction of sp³-hybridized carbons (Fsp3) is 0.526. The number of hydrogen-bond acceptors (Lipinski definition) is 6. The van der Waals surface area contributed by atoms with Crippen molar-refractivity contribution in [3.8, 4) is 0 Å². The molecule has 2 saturated heterocycles. The normalized spacial score (nSPS) is 24.7. The Bertz CT molecular complexity index is 758.